The third-order valence-electron chi connectivity index (χ3n) is 3.99. The van der Waals surface area contributed by atoms with E-state index in [2.05, 4.69) is 10.6 Å². The minimum atomic E-state index is -0.783. The smallest absolute Gasteiger partial charge is 0.222 e. The van der Waals surface area contributed by atoms with Crippen LogP contribution in [-0.2, 0) is 9.59 Å². The average Bonchev–Trinajstić information content (AvgIpc) is 2.60. The Morgan fingerprint density at radius 3 is 2.19 bits per heavy atom. The van der Waals surface area contributed by atoms with Gasteiger partial charge in [-0.25, -0.2) is 0 Å². The van der Waals surface area contributed by atoms with Crippen LogP contribution in [0.3, 0.4) is 0 Å². The third-order valence-corrected chi connectivity index (χ3v) is 4.25. The maximum atomic E-state index is 12.3. The Morgan fingerprint density at radius 2 is 1.62 bits per heavy atom. The van der Waals surface area contributed by atoms with Crippen molar-refractivity contribution in [2.45, 2.75) is 32.4 Å². The van der Waals surface area contributed by atoms with E-state index in [9.17, 15) is 14.7 Å². The molecule has 0 aliphatic heterocycles. The number of carbonyl (C=O) groups excluding carboxylic acids is 2. The standard InChI is InChI=1S/C20H23ClN2O3/c1-13-3-5-16(6-4-13)19(25)12-22-20(26)11-18(23-14(2)24)15-7-9-17(21)10-8-15/h3-10,18-19,25H,11-12H2,1-2H3,(H,22,26)(H,23,24)/t18-,19+/m1/s1. The monoisotopic (exact) mass is 374 g/mol. The largest absolute Gasteiger partial charge is 0.387 e. The van der Waals surface area contributed by atoms with Gasteiger partial charge in [-0.1, -0.05) is 53.6 Å². The van der Waals surface area contributed by atoms with Crippen LogP contribution in [0.15, 0.2) is 48.5 Å². The van der Waals surface area contributed by atoms with Gasteiger partial charge in [0.2, 0.25) is 11.8 Å². The van der Waals surface area contributed by atoms with E-state index in [1.165, 1.54) is 6.92 Å². The molecule has 0 saturated heterocycles. The van der Waals surface area contributed by atoms with Gasteiger partial charge in [-0.2, -0.15) is 0 Å². The number of carbonyl (C=O) groups is 2. The van der Waals surface area contributed by atoms with Crippen molar-refractivity contribution >= 4 is 23.4 Å². The maximum absolute atomic E-state index is 12.3. The Morgan fingerprint density at radius 1 is 1.04 bits per heavy atom. The van der Waals surface area contributed by atoms with E-state index in [-0.39, 0.29) is 24.8 Å². The van der Waals surface area contributed by atoms with Crippen molar-refractivity contribution in [3.63, 3.8) is 0 Å². The summed E-state index contributed by atoms with van der Waals surface area (Å²) in [4.78, 5) is 23.7. The molecule has 138 valence electrons. The fraction of sp³-hybridized carbons (Fsp3) is 0.300. The van der Waals surface area contributed by atoms with Gasteiger partial charge >= 0.3 is 0 Å². The van der Waals surface area contributed by atoms with E-state index in [0.29, 0.717) is 5.02 Å². The normalized spacial score (nSPS) is 12.9. The molecule has 6 heteroatoms. The number of halogens is 1. The van der Waals surface area contributed by atoms with E-state index < -0.39 is 12.1 Å². The minimum Gasteiger partial charge on any atom is -0.387 e. The Hall–Kier alpha value is -2.37. The summed E-state index contributed by atoms with van der Waals surface area (Å²) < 4.78 is 0. The highest BCUT2D eigenvalue weighted by Gasteiger charge is 2.18. The van der Waals surface area contributed by atoms with Gasteiger partial charge in [0.25, 0.3) is 0 Å². The molecule has 0 radical (unpaired) electrons. The van der Waals surface area contributed by atoms with Gasteiger partial charge < -0.3 is 15.7 Å². The molecule has 26 heavy (non-hydrogen) atoms. The second kappa shape index (κ2) is 9.36. The molecule has 0 bridgehead atoms. The minimum absolute atomic E-state index is 0.0713. The summed E-state index contributed by atoms with van der Waals surface area (Å²) in [6.45, 7) is 3.48. The predicted molar refractivity (Wildman–Crippen MR) is 102 cm³/mol. The molecule has 2 atom stereocenters. The van der Waals surface area contributed by atoms with E-state index in [0.717, 1.165) is 16.7 Å². The number of amides is 2. The number of rotatable bonds is 7. The van der Waals surface area contributed by atoms with Crippen molar-refractivity contribution in [2.75, 3.05) is 6.54 Å². The Bertz CT molecular complexity index is 745. The number of aryl methyl sites for hydroxylation is 1. The van der Waals surface area contributed by atoms with Crippen molar-refractivity contribution in [3.05, 3.63) is 70.2 Å². The molecular formula is C20H23ClN2O3. The van der Waals surface area contributed by atoms with Crippen LogP contribution in [-0.4, -0.2) is 23.5 Å². The summed E-state index contributed by atoms with van der Waals surface area (Å²) in [5.74, 6) is -0.484. The lowest BCUT2D eigenvalue weighted by Gasteiger charge is -2.19. The van der Waals surface area contributed by atoms with E-state index in [1.807, 2.05) is 31.2 Å². The molecule has 0 aliphatic carbocycles. The van der Waals surface area contributed by atoms with Crippen LogP contribution < -0.4 is 10.6 Å². The summed E-state index contributed by atoms with van der Waals surface area (Å²) >= 11 is 5.89. The maximum Gasteiger partial charge on any atom is 0.222 e. The Kier molecular flexibility index (Phi) is 7.18. The van der Waals surface area contributed by atoms with Crippen LogP contribution in [0.2, 0.25) is 5.02 Å². The van der Waals surface area contributed by atoms with Crippen LogP contribution in [0, 0.1) is 6.92 Å². The zero-order valence-electron chi connectivity index (χ0n) is 14.8. The highest BCUT2D eigenvalue weighted by atomic mass is 35.5. The SMILES string of the molecule is CC(=O)N[C@H](CC(=O)NC[C@H](O)c1ccc(C)cc1)c1ccc(Cl)cc1. The summed E-state index contributed by atoms with van der Waals surface area (Å²) in [6.07, 6.45) is -0.712. The van der Waals surface area contributed by atoms with Crippen LogP contribution in [0.5, 0.6) is 0 Å². The van der Waals surface area contributed by atoms with Crippen LogP contribution >= 0.6 is 11.6 Å². The Labute approximate surface area is 158 Å². The number of aliphatic hydroxyl groups excluding tert-OH is 1. The highest BCUT2D eigenvalue weighted by Crippen LogP contribution is 2.20. The first kappa shape index (κ1) is 19.9. The van der Waals surface area contributed by atoms with Crippen molar-refractivity contribution in [3.8, 4) is 0 Å². The lowest BCUT2D eigenvalue weighted by Crippen LogP contribution is -2.34. The van der Waals surface area contributed by atoms with Gasteiger partial charge in [-0.3, -0.25) is 9.59 Å². The van der Waals surface area contributed by atoms with E-state index in [4.69, 9.17) is 11.6 Å². The van der Waals surface area contributed by atoms with Gasteiger partial charge in [-0.15, -0.1) is 0 Å². The summed E-state index contributed by atoms with van der Waals surface area (Å²) in [6, 6.07) is 14.0. The van der Waals surface area contributed by atoms with Crippen molar-refractivity contribution in [1.82, 2.24) is 10.6 Å². The van der Waals surface area contributed by atoms with Gasteiger partial charge in [0, 0.05) is 18.5 Å². The van der Waals surface area contributed by atoms with Crippen LogP contribution in [0.1, 0.15) is 42.2 Å². The average molecular weight is 375 g/mol. The molecule has 2 aromatic carbocycles. The molecule has 0 aromatic heterocycles. The Balaban J connectivity index is 1.94. The molecule has 0 saturated carbocycles. The predicted octanol–water partition coefficient (Wildman–Crippen LogP) is 3.07. The first-order chi connectivity index (χ1) is 12.3. The molecule has 0 unspecified atom stereocenters. The van der Waals surface area contributed by atoms with Gasteiger partial charge in [0.1, 0.15) is 0 Å². The number of hydrogen-bond acceptors (Lipinski definition) is 3. The second-order valence-electron chi connectivity index (χ2n) is 6.24. The molecule has 0 heterocycles. The molecule has 0 spiro atoms. The van der Waals surface area contributed by atoms with E-state index in [1.54, 1.807) is 24.3 Å². The summed E-state index contributed by atoms with van der Waals surface area (Å²) in [5.41, 5.74) is 2.64. The topological polar surface area (TPSA) is 78.4 Å². The first-order valence-corrected chi connectivity index (χ1v) is 8.77. The van der Waals surface area contributed by atoms with Gasteiger partial charge in [-0.05, 0) is 30.2 Å². The zero-order chi connectivity index (χ0) is 19.1. The number of aliphatic hydroxyl groups is 1. The summed E-state index contributed by atoms with van der Waals surface area (Å²) in [5, 5.41) is 16.3. The highest BCUT2D eigenvalue weighted by molar-refractivity contribution is 6.30. The van der Waals surface area contributed by atoms with Crippen molar-refractivity contribution in [2.24, 2.45) is 0 Å². The molecule has 2 rings (SSSR count). The quantitative estimate of drug-likeness (QED) is 0.697. The van der Waals surface area contributed by atoms with Crippen molar-refractivity contribution in [1.29, 1.82) is 0 Å². The molecule has 2 aromatic rings. The molecule has 2 amide bonds. The number of hydrogen-bond donors (Lipinski definition) is 3. The fourth-order valence-electron chi connectivity index (χ4n) is 2.57. The lowest BCUT2D eigenvalue weighted by molar-refractivity contribution is -0.123. The zero-order valence-corrected chi connectivity index (χ0v) is 15.6. The van der Waals surface area contributed by atoms with Crippen LogP contribution in [0.25, 0.3) is 0 Å². The second-order valence-corrected chi connectivity index (χ2v) is 6.68. The molecule has 0 fully saturated rings. The van der Waals surface area contributed by atoms with Gasteiger partial charge in [0.15, 0.2) is 0 Å². The van der Waals surface area contributed by atoms with Crippen molar-refractivity contribution < 1.29 is 14.7 Å². The molecular weight excluding hydrogens is 352 g/mol. The first-order valence-electron chi connectivity index (χ1n) is 8.39. The van der Waals surface area contributed by atoms with Crippen LogP contribution in [0.4, 0.5) is 0 Å². The van der Waals surface area contributed by atoms with Gasteiger partial charge in [0.05, 0.1) is 18.6 Å². The molecule has 5 nitrogen and oxygen atoms in total. The lowest BCUT2D eigenvalue weighted by atomic mass is 10.0. The fourth-order valence-corrected chi connectivity index (χ4v) is 2.69. The summed E-state index contributed by atoms with van der Waals surface area (Å²) in [7, 11) is 0. The molecule has 3 N–H and O–H groups in total. The third kappa shape index (κ3) is 6.17. The molecule has 0 aliphatic rings. The number of benzene rings is 2. The number of nitrogens with one attached hydrogen (secondary N) is 2. The van der Waals surface area contributed by atoms with E-state index >= 15 is 0 Å².